The molecule has 0 unspecified atom stereocenters. The highest BCUT2D eigenvalue weighted by Crippen LogP contribution is 2.26. The number of sulfonamides is 1. The predicted molar refractivity (Wildman–Crippen MR) is 142 cm³/mol. The largest absolute Gasteiger partial charge is 0.326 e. The fourth-order valence-electron chi connectivity index (χ4n) is 3.99. The Morgan fingerprint density at radius 2 is 1.43 bits per heavy atom. The Bertz CT molecular complexity index is 1270. The topological polar surface area (TPSA) is 78.5 Å². The molecule has 1 saturated heterocycles. The van der Waals surface area contributed by atoms with Gasteiger partial charge in [0.1, 0.15) is 0 Å². The van der Waals surface area contributed by atoms with E-state index in [2.05, 4.69) is 14.9 Å². The van der Waals surface area contributed by atoms with Crippen LogP contribution in [0.15, 0.2) is 71.6 Å². The SMILES string of the molecule is O=C(Nc1ccc(S(=O)(=O)Nc2cc(Cl)cc(Cl)c2)cc1)C1CCN(Cc2ccc(Cl)cc2)CC1. The Morgan fingerprint density at radius 3 is 2.03 bits per heavy atom. The number of carbonyl (C=O) groups excluding carboxylic acids is 1. The molecule has 0 atom stereocenters. The number of likely N-dealkylation sites (tertiary alicyclic amines) is 1. The molecule has 184 valence electrons. The smallest absolute Gasteiger partial charge is 0.261 e. The van der Waals surface area contributed by atoms with Crippen molar-refractivity contribution in [2.24, 2.45) is 5.92 Å². The van der Waals surface area contributed by atoms with E-state index in [0.29, 0.717) is 15.7 Å². The van der Waals surface area contributed by atoms with E-state index < -0.39 is 10.0 Å². The first kappa shape index (κ1) is 25.8. The summed E-state index contributed by atoms with van der Waals surface area (Å²) in [5.74, 6) is -0.146. The van der Waals surface area contributed by atoms with E-state index in [-0.39, 0.29) is 22.4 Å². The maximum atomic E-state index is 12.8. The Balaban J connectivity index is 1.30. The van der Waals surface area contributed by atoms with Crippen molar-refractivity contribution in [1.82, 2.24) is 4.90 Å². The number of carbonyl (C=O) groups is 1. The summed E-state index contributed by atoms with van der Waals surface area (Å²) in [7, 11) is -3.84. The second kappa shape index (κ2) is 11.2. The zero-order chi connectivity index (χ0) is 25.0. The third kappa shape index (κ3) is 7.12. The van der Waals surface area contributed by atoms with Crippen molar-refractivity contribution in [3.63, 3.8) is 0 Å². The number of rotatable bonds is 7. The number of nitrogens with one attached hydrogen (secondary N) is 2. The molecular formula is C25H24Cl3N3O3S. The number of hydrogen-bond donors (Lipinski definition) is 2. The Morgan fingerprint density at radius 1 is 0.829 bits per heavy atom. The van der Waals surface area contributed by atoms with Crippen LogP contribution in [0.4, 0.5) is 11.4 Å². The normalized spacial score (nSPS) is 15.1. The minimum atomic E-state index is -3.84. The quantitative estimate of drug-likeness (QED) is 0.361. The van der Waals surface area contributed by atoms with Gasteiger partial charge in [0.15, 0.2) is 0 Å². The van der Waals surface area contributed by atoms with Crippen LogP contribution >= 0.6 is 34.8 Å². The van der Waals surface area contributed by atoms with Crippen LogP contribution in [0.1, 0.15) is 18.4 Å². The minimum Gasteiger partial charge on any atom is -0.326 e. The zero-order valence-corrected chi connectivity index (χ0v) is 21.8. The first-order chi connectivity index (χ1) is 16.7. The summed E-state index contributed by atoms with van der Waals surface area (Å²) in [4.78, 5) is 15.1. The van der Waals surface area contributed by atoms with Crippen LogP contribution in [0, 0.1) is 5.92 Å². The average molecular weight is 553 g/mol. The molecule has 0 radical (unpaired) electrons. The van der Waals surface area contributed by atoms with Crippen molar-refractivity contribution >= 4 is 62.1 Å². The van der Waals surface area contributed by atoms with Crippen LogP contribution in [0.3, 0.4) is 0 Å². The molecular weight excluding hydrogens is 529 g/mol. The maximum absolute atomic E-state index is 12.8. The van der Waals surface area contributed by atoms with E-state index in [1.165, 1.54) is 35.9 Å². The van der Waals surface area contributed by atoms with Gasteiger partial charge in [-0.25, -0.2) is 8.42 Å². The molecule has 1 aliphatic rings. The molecule has 1 fully saturated rings. The number of anilines is 2. The monoisotopic (exact) mass is 551 g/mol. The number of nitrogens with zero attached hydrogens (tertiary/aromatic N) is 1. The van der Waals surface area contributed by atoms with E-state index >= 15 is 0 Å². The number of benzene rings is 3. The standard InChI is InChI=1S/C25H24Cl3N3O3S/c26-19-3-1-17(2-4-19)16-31-11-9-18(10-12-31)25(32)29-22-5-7-24(8-6-22)35(33,34)30-23-14-20(27)13-21(28)15-23/h1-8,13-15,18,30H,9-12,16H2,(H,29,32). The molecule has 1 aliphatic heterocycles. The van der Waals surface area contributed by atoms with Crippen molar-refractivity contribution < 1.29 is 13.2 Å². The fraction of sp³-hybridized carbons (Fsp3) is 0.240. The summed E-state index contributed by atoms with van der Waals surface area (Å²) in [6.07, 6.45) is 1.52. The highest BCUT2D eigenvalue weighted by molar-refractivity contribution is 7.92. The van der Waals surface area contributed by atoms with Crippen LogP contribution in [-0.4, -0.2) is 32.3 Å². The summed E-state index contributed by atoms with van der Waals surface area (Å²) in [5, 5.41) is 4.27. The molecule has 10 heteroatoms. The number of hydrogen-bond acceptors (Lipinski definition) is 4. The fourth-order valence-corrected chi connectivity index (χ4v) is 5.68. The van der Waals surface area contributed by atoms with E-state index in [4.69, 9.17) is 34.8 Å². The summed E-state index contributed by atoms with van der Waals surface area (Å²) < 4.78 is 27.8. The van der Waals surface area contributed by atoms with Crippen molar-refractivity contribution in [3.05, 3.63) is 87.4 Å². The number of piperidine rings is 1. The highest BCUT2D eigenvalue weighted by atomic mass is 35.5. The molecule has 0 aromatic heterocycles. The average Bonchev–Trinajstić information content (AvgIpc) is 2.80. The number of amides is 1. The van der Waals surface area contributed by atoms with E-state index in [1.807, 2.05) is 24.3 Å². The Kier molecular flexibility index (Phi) is 8.24. The van der Waals surface area contributed by atoms with Crippen molar-refractivity contribution in [2.45, 2.75) is 24.3 Å². The summed E-state index contributed by atoms with van der Waals surface area (Å²) >= 11 is 17.8. The van der Waals surface area contributed by atoms with Crippen LogP contribution in [0.25, 0.3) is 0 Å². The van der Waals surface area contributed by atoms with Crippen LogP contribution < -0.4 is 10.0 Å². The van der Waals surface area contributed by atoms with Gasteiger partial charge in [-0.05, 0) is 86.1 Å². The molecule has 35 heavy (non-hydrogen) atoms. The van der Waals surface area contributed by atoms with Crippen molar-refractivity contribution in [3.8, 4) is 0 Å². The molecule has 2 N–H and O–H groups in total. The van der Waals surface area contributed by atoms with Gasteiger partial charge in [-0.2, -0.15) is 0 Å². The highest BCUT2D eigenvalue weighted by Gasteiger charge is 2.25. The second-order valence-corrected chi connectivity index (χ2v) is 11.4. The maximum Gasteiger partial charge on any atom is 0.261 e. The van der Waals surface area contributed by atoms with Gasteiger partial charge >= 0.3 is 0 Å². The molecule has 0 bridgehead atoms. The van der Waals surface area contributed by atoms with Crippen LogP contribution in [0.5, 0.6) is 0 Å². The molecule has 4 rings (SSSR count). The minimum absolute atomic E-state index is 0.0570. The summed E-state index contributed by atoms with van der Waals surface area (Å²) in [5.41, 5.74) is 2.01. The molecule has 0 aliphatic carbocycles. The third-order valence-electron chi connectivity index (χ3n) is 5.82. The first-order valence-electron chi connectivity index (χ1n) is 11.0. The lowest BCUT2D eigenvalue weighted by atomic mass is 9.95. The molecule has 6 nitrogen and oxygen atoms in total. The lowest BCUT2D eigenvalue weighted by Crippen LogP contribution is -2.37. The first-order valence-corrected chi connectivity index (χ1v) is 13.7. The van der Waals surface area contributed by atoms with E-state index in [0.717, 1.165) is 37.5 Å². The van der Waals surface area contributed by atoms with Gasteiger partial charge in [-0.1, -0.05) is 46.9 Å². The van der Waals surface area contributed by atoms with E-state index in [9.17, 15) is 13.2 Å². The van der Waals surface area contributed by atoms with Crippen LogP contribution in [-0.2, 0) is 21.4 Å². The summed E-state index contributed by atoms with van der Waals surface area (Å²) in [6, 6.07) is 18.3. The Labute approximate surface area is 220 Å². The molecule has 3 aromatic carbocycles. The summed E-state index contributed by atoms with van der Waals surface area (Å²) in [6.45, 7) is 2.49. The van der Waals surface area contributed by atoms with Gasteiger partial charge in [0.05, 0.1) is 10.6 Å². The van der Waals surface area contributed by atoms with Crippen molar-refractivity contribution in [1.29, 1.82) is 0 Å². The van der Waals surface area contributed by atoms with Gasteiger partial charge < -0.3 is 5.32 Å². The molecule has 0 spiro atoms. The molecule has 1 heterocycles. The Hall–Kier alpha value is -2.29. The van der Waals surface area contributed by atoms with Gasteiger partial charge in [0, 0.05) is 33.2 Å². The van der Waals surface area contributed by atoms with Crippen LogP contribution in [0.2, 0.25) is 15.1 Å². The van der Waals surface area contributed by atoms with Crippen molar-refractivity contribution in [2.75, 3.05) is 23.1 Å². The van der Waals surface area contributed by atoms with E-state index in [1.54, 1.807) is 12.1 Å². The predicted octanol–water partition coefficient (Wildman–Crippen LogP) is 6.30. The zero-order valence-electron chi connectivity index (χ0n) is 18.7. The molecule has 1 amide bonds. The van der Waals surface area contributed by atoms with Gasteiger partial charge in [-0.3, -0.25) is 14.4 Å². The van der Waals surface area contributed by atoms with Gasteiger partial charge in [0.25, 0.3) is 10.0 Å². The lowest BCUT2D eigenvalue weighted by Gasteiger charge is -2.31. The third-order valence-corrected chi connectivity index (χ3v) is 7.91. The van der Waals surface area contributed by atoms with Gasteiger partial charge in [0.2, 0.25) is 5.91 Å². The molecule has 3 aromatic rings. The molecule has 0 saturated carbocycles. The number of halogens is 3. The second-order valence-electron chi connectivity index (χ2n) is 8.45. The lowest BCUT2D eigenvalue weighted by molar-refractivity contribution is -0.121. The van der Waals surface area contributed by atoms with Gasteiger partial charge in [-0.15, -0.1) is 0 Å².